The van der Waals surface area contributed by atoms with E-state index in [1.165, 1.54) is 25.9 Å². The molecule has 0 aliphatic carbocycles. The summed E-state index contributed by atoms with van der Waals surface area (Å²) in [4.78, 5) is 2.42. The van der Waals surface area contributed by atoms with Crippen molar-refractivity contribution in [1.82, 2.24) is 10.2 Å². The van der Waals surface area contributed by atoms with E-state index < -0.39 is 5.60 Å². The lowest BCUT2D eigenvalue weighted by Crippen LogP contribution is -2.42. The van der Waals surface area contributed by atoms with Crippen LogP contribution in [-0.4, -0.2) is 48.3 Å². The molecule has 1 unspecified atom stereocenters. The maximum atomic E-state index is 10.4. The number of nitrogens with one attached hydrogen (secondary N) is 1. The molecule has 14 heavy (non-hydrogen) atoms. The molecule has 2 aliphatic heterocycles. The zero-order chi connectivity index (χ0) is 9.86. The molecular formula is C11H22N2O. The first-order valence-electron chi connectivity index (χ1n) is 5.94. The van der Waals surface area contributed by atoms with Crippen LogP contribution in [0.2, 0.25) is 0 Å². The van der Waals surface area contributed by atoms with Crippen LogP contribution < -0.4 is 5.32 Å². The van der Waals surface area contributed by atoms with Gasteiger partial charge in [0.2, 0.25) is 0 Å². The molecule has 0 saturated carbocycles. The van der Waals surface area contributed by atoms with Crippen molar-refractivity contribution in [2.75, 3.05) is 32.7 Å². The van der Waals surface area contributed by atoms with Crippen molar-refractivity contribution < 1.29 is 5.11 Å². The highest BCUT2D eigenvalue weighted by Gasteiger charge is 2.30. The minimum Gasteiger partial charge on any atom is -0.389 e. The largest absolute Gasteiger partial charge is 0.389 e. The highest BCUT2D eigenvalue weighted by Crippen LogP contribution is 2.22. The molecule has 2 N–H and O–H groups in total. The molecule has 0 aromatic rings. The smallest absolute Gasteiger partial charge is 0.0786 e. The molecule has 2 rings (SSSR count). The Bertz CT molecular complexity index is 170. The number of hydrogen-bond acceptors (Lipinski definition) is 3. The van der Waals surface area contributed by atoms with Gasteiger partial charge in [0, 0.05) is 6.54 Å². The summed E-state index contributed by atoms with van der Waals surface area (Å²) in [6.07, 6.45) is 5.63. The van der Waals surface area contributed by atoms with Crippen molar-refractivity contribution in [1.29, 1.82) is 0 Å². The molecule has 2 fully saturated rings. The van der Waals surface area contributed by atoms with Crippen molar-refractivity contribution in [3.05, 3.63) is 0 Å². The first-order chi connectivity index (χ1) is 6.79. The third-order valence-corrected chi connectivity index (χ3v) is 3.48. The van der Waals surface area contributed by atoms with Gasteiger partial charge in [-0.1, -0.05) is 0 Å². The average molecular weight is 198 g/mol. The summed E-state index contributed by atoms with van der Waals surface area (Å²) < 4.78 is 0. The van der Waals surface area contributed by atoms with E-state index in [1.807, 2.05) is 0 Å². The lowest BCUT2D eigenvalue weighted by Gasteiger charge is -2.31. The van der Waals surface area contributed by atoms with Crippen LogP contribution in [0, 0.1) is 0 Å². The van der Waals surface area contributed by atoms with E-state index in [2.05, 4.69) is 10.2 Å². The van der Waals surface area contributed by atoms with Gasteiger partial charge in [0.25, 0.3) is 0 Å². The van der Waals surface area contributed by atoms with Crippen molar-refractivity contribution in [2.24, 2.45) is 0 Å². The van der Waals surface area contributed by atoms with Crippen molar-refractivity contribution in [3.63, 3.8) is 0 Å². The monoisotopic (exact) mass is 198 g/mol. The standard InChI is InChI=1S/C11H22N2O/c14-11(4-3-6-12-7-5-11)10-13-8-1-2-9-13/h12,14H,1-10H2. The molecule has 3 heteroatoms. The molecule has 1 atom stereocenters. The van der Waals surface area contributed by atoms with Crippen molar-refractivity contribution in [2.45, 2.75) is 37.7 Å². The molecule has 0 bridgehead atoms. The van der Waals surface area contributed by atoms with Crippen LogP contribution in [-0.2, 0) is 0 Å². The third kappa shape index (κ3) is 2.69. The van der Waals surface area contributed by atoms with Gasteiger partial charge in [0.05, 0.1) is 5.60 Å². The lowest BCUT2D eigenvalue weighted by molar-refractivity contribution is -0.00106. The summed E-state index contributed by atoms with van der Waals surface area (Å²) in [7, 11) is 0. The van der Waals surface area contributed by atoms with E-state index in [1.54, 1.807) is 0 Å². The zero-order valence-corrected chi connectivity index (χ0v) is 8.97. The predicted molar refractivity (Wildman–Crippen MR) is 57.3 cm³/mol. The van der Waals surface area contributed by atoms with Crippen LogP contribution in [0.1, 0.15) is 32.1 Å². The summed E-state index contributed by atoms with van der Waals surface area (Å²) in [6, 6.07) is 0. The molecule has 2 saturated heterocycles. The molecule has 0 amide bonds. The number of nitrogens with zero attached hydrogens (tertiary/aromatic N) is 1. The first-order valence-corrected chi connectivity index (χ1v) is 5.94. The van der Waals surface area contributed by atoms with Crippen LogP contribution in [0.5, 0.6) is 0 Å². The molecule has 82 valence electrons. The van der Waals surface area contributed by atoms with E-state index in [9.17, 15) is 5.11 Å². The molecule has 0 aromatic carbocycles. The molecule has 0 aromatic heterocycles. The fraction of sp³-hybridized carbons (Fsp3) is 1.00. The Hall–Kier alpha value is -0.120. The zero-order valence-electron chi connectivity index (χ0n) is 8.97. The van der Waals surface area contributed by atoms with Crippen molar-refractivity contribution >= 4 is 0 Å². The topological polar surface area (TPSA) is 35.5 Å². The Balaban J connectivity index is 1.85. The second kappa shape index (κ2) is 4.60. The highest BCUT2D eigenvalue weighted by atomic mass is 16.3. The fourth-order valence-corrected chi connectivity index (χ4v) is 2.63. The minimum absolute atomic E-state index is 0.409. The predicted octanol–water partition coefficient (Wildman–Crippen LogP) is 0.587. The molecule has 0 spiro atoms. The Kier molecular flexibility index (Phi) is 3.42. The van der Waals surface area contributed by atoms with Gasteiger partial charge in [-0.05, 0) is 58.3 Å². The second-order valence-electron chi connectivity index (χ2n) is 4.81. The van der Waals surface area contributed by atoms with E-state index in [0.29, 0.717) is 0 Å². The molecular weight excluding hydrogens is 176 g/mol. The third-order valence-electron chi connectivity index (χ3n) is 3.48. The maximum Gasteiger partial charge on any atom is 0.0786 e. The van der Waals surface area contributed by atoms with Gasteiger partial charge in [0.1, 0.15) is 0 Å². The molecule has 3 nitrogen and oxygen atoms in total. The molecule has 2 heterocycles. The Morgan fingerprint density at radius 2 is 1.86 bits per heavy atom. The normalized spacial score (nSPS) is 35.8. The Labute approximate surface area is 86.5 Å². The van der Waals surface area contributed by atoms with Crippen LogP contribution >= 0.6 is 0 Å². The summed E-state index contributed by atoms with van der Waals surface area (Å²) in [6.45, 7) is 5.33. The Morgan fingerprint density at radius 3 is 2.64 bits per heavy atom. The minimum atomic E-state index is -0.409. The van der Waals surface area contributed by atoms with Gasteiger partial charge in [0.15, 0.2) is 0 Å². The lowest BCUT2D eigenvalue weighted by atomic mass is 9.94. The number of likely N-dealkylation sites (tertiary alicyclic amines) is 1. The number of rotatable bonds is 2. The fourth-order valence-electron chi connectivity index (χ4n) is 2.63. The second-order valence-corrected chi connectivity index (χ2v) is 4.81. The average Bonchev–Trinajstić information content (AvgIpc) is 2.55. The van der Waals surface area contributed by atoms with Gasteiger partial charge >= 0.3 is 0 Å². The molecule has 2 aliphatic rings. The van der Waals surface area contributed by atoms with Crippen molar-refractivity contribution in [3.8, 4) is 0 Å². The number of aliphatic hydroxyl groups is 1. The van der Waals surface area contributed by atoms with E-state index in [-0.39, 0.29) is 0 Å². The van der Waals surface area contributed by atoms with Gasteiger partial charge in [-0.15, -0.1) is 0 Å². The van der Waals surface area contributed by atoms with Gasteiger partial charge in [-0.3, -0.25) is 0 Å². The number of β-amino-alcohol motifs (C(OH)–C–C–N with tert-alkyl or cyclic N) is 1. The van der Waals surface area contributed by atoms with E-state index in [4.69, 9.17) is 0 Å². The van der Waals surface area contributed by atoms with Crippen LogP contribution in [0.3, 0.4) is 0 Å². The molecule has 0 radical (unpaired) electrons. The van der Waals surface area contributed by atoms with Gasteiger partial charge in [-0.2, -0.15) is 0 Å². The van der Waals surface area contributed by atoms with E-state index in [0.717, 1.165) is 38.9 Å². The van der Waals surface area contributed by atoms with Crippen LogP contribution in [0.15, 0.2) is 0 Å². The van der Waals surface area contributed by atoms with E-state index >= 15 is 0 Å². The van der Waals surface area contributed by atoms with Gasteiger partial charge in [-0.25, -0.2) is 0 Å². The Morgan fingerprint density at radius 1 is 1.07 bits per heavy atom. The quantitative estimate of drug-likeness (QED) is 0.681. The summed E-state index contributed by atoms with van der Waals surface area (Å²) in [5, 5.41) is 13.8. The van der Waals surface area contributed by atoms with Gasteiger partial charge < -0.3 is 15.3 Å². The highest BCUT2D eigenvalue weighted by molar-refractivity contribution is 4.86. The van der Waals surface area contributed by atoms with Crippen LogP contribution in [0.4, 0.5) is 0 Å². The summed E-state index contributed by atoms with van der Waals surface area (Å²) in [5.41, 5.74) is -0.409. The summed E-state index contributed by atoms with van der Waals surface area (Å²) in [5.74, 6) is 0. The maximum absolute atomic E-state index is 10.4. The first kappa shape index (κ1) is 10.4. The number of hydrogen-bond donors (Lipinski definition) is 2. The summed E-state index contributed by atoms with van der Waals surface area (Å²) >= 11 is 0. The van der Waals surface area contributed by atoms with Crippen LogP contribution in [0.25, 0.3) is 0 Å². The SMILES string of the molecule is OC1(CN2CCCC2)CCCNCC1.